The largest absolute Gasteiger partial charge is 0.306 e. The number of nitrogens with one attached hydrogen (secondary N) is 1. The van der Waals surface area contributed by atoms with E-state index in [0.717, 1.165) is 13.0 Å². The molecule has 0 unspecified atom stereocenters. The quantitative estimate of drug-likeness (QED) is 0.813. The molecule has 0 radical (unpaired) electrons. The first-order chi connectivity index (χ1) is 8.40. The number of benzene rings is 2. The summed E-state index contributed by atoms with van der Waals surface area (Å²) in [6, 6.07) is 21.6. The molecule has 17 heavy (non-hydrogen) atoms. The average Bonchev–Trinajstić information content (AvgIpc) is 2.42. The van der Waals surface area contributed by atoms with Crippen molar-refractivity contribution in [3.63, 3.8) is 0 Å². The van der Waals surface area contributed by atoms with E-state index in [9.17, 15) is 0 Å². The number of hydrogen-bond acceptors (Lipinski definition) is 1. The van der Waals surface area contributed by atoms with Crippen LogP contribution in [0.1, 0.15) is 30.5 Å². The van der Waals surface area contributed by atoms with Gasteiger partial charge in [-0.1, -0.05) is 67.6 Å². The molecule has 1 heteroatoms. The zero-order valence-electron chi connectivity index (χ0n) is 10.3. The number of rotatable bonds is 5. The summed E-state index contributed by atoms with van der Waals surface area (Å²) < 4.78 is 0. The highest BCUT2D eigenvalue weighted by molar-refractivity contribution is 5.20. The molecule has 0 saturated heterocycles. The fourth-order valence-electron chi connectivity index (χ4n) is 2.02. The van der Waals surface area contributed by atoms with Crippen molar-refractivity contribution in [2.75, 3.05) is 0 Å². The maximum atomic E-state index is 3.60. The Balaban J connectivity index is 1.97. The van der Waals surface area contributed by atoms with Crippen LogP contribution < -0.4 is 5.32 Å². The Labute approximate surface area is 103 Å². The third kappa shape index (κ3) is 3.43. The molecule has 0 aliphatic carbocycles. The maximum absolute atomic E-state index is 3.60. The Morgan fingerprint density at radius 2 is 1.47 bits per heavy atom. The average molecular weight is 225 g/mol. The Hall–Kier alpha value is -1.60. The second-order valence-corrected chi connectivity index (χ2v) is 4.24. The zero-order valence-corrected chi connectivity index (χ0v) is 10.3. The summed E-state index contributed by atoms with van der Waals surface area (Å²) in [5, 5.41) is 3.60. The predicted molar refractivity (Wildman–Crippen MR) is 72.8 cm³/mol. The van der Waals surface area contributed by atoms with Crippen molar-refractivity contribution in [1.82, 2.24) is 5.32 Å². The summed E-state index contributed by atoms with van der Waals surface area (Å²) in [6.07, 6.45) is 1.11. The van der Waals surface area contributed by atoms with Crippen molar-refractivity contribution in [3.8, 4) is 0 Å². The Kier molecular flexibility index (Phi) is 4.34. The van der Waals surface area contributed by atoms with Crippen molar-refractivity contribution < 1.29 is 0 Å². The predicted octanol–water partition coefficient (Wildman–Crippen LogP) is 3.93. The maximum Gasteiger partial charge on any atom is 0.0320 e. The second kappa shape index (κ2) is 6.21. The fourth-order valence-corrected chi connectivity index (χ4v) is 2.02. The third-order valence-electron chi connectivity index (χ3n) is 3.01. The van der Waals surface area contributed by atoms with E-state index in [1.54, 1.807) is 0 Å². The molecule has 2 rings (SSSR count). The molecule has 88 valence electrons. The van der Waals surface area contributed by atoms with Gasteiger partial charge in [0.15, 0.2) is 0 Å². The van der Waals surface area contributed by atoms with Crippen molar-refractivity contribution in [3.05, 3.63) is 71.8 Å². The number of hydrogen-bond donors (Lipinski definition) is 1. The molecule has 0 amide bonds. The molecular weight excluding hydrogens is 206 g/mol. The van der Waals surface area contributed by atoms with E-state index in [-0.39, 0.29) is 0 Å². The monoisotopic (exact) mass is 225 g/mol. The molecule has 1 atom stereocenters. The van der Waals surface area contributed by atoms with Gasteiger partial charge < -0.3 is 5.32 Å². The first-order valence-corrected chi connectivity index (χ1v) is 6.22. The van der Waals surface area contributed by atoms with E-state index in [2.05, 4.69) is 72.9 Å². The minimum atomic E-state index is 0.441. The van der Waals surface area contributed by atoms with Crippen LogP contribution in [0.2, 0.25) is 0 Å². The van der Waals surface area contributed by atoms with Gasteiger partial charge in [-0.05, 0) is 17.5 Å². The minimum Gasteiger partial charge on any atom is -0.306 e. The molecule has 0 bridgehead atoms. The first-order valence-electron chi connectivity index (χ1n) is 6.22. The van der Waals surface area contributed by atoms with Gasteiger partial charge in [0, 0.05) is 12.6 Å². The fraction of sp³-hybridized carbons (Fsp3) is 0.250. The second-order valence-electron chi connectivity index (χ2n) is 4.24. The van der Waals surface area contributed by atoms with Crippen LogP contribution in [-0.2, 0) is 6.54 Å². The Bertz CT molecular complexity index is 422. The summed E-state index contributed by atoms with van der Waals surface area (Å²) >= 11 is 0. The van der Waals surface area contributed by atoms with Gasteiger partial charge in [-0.3, -0.25) is 0 Å². The lowest BCUT2D eigenvalue weighted by atomic mass is 10.0. The molecule has 0 aromatic heterocycles. The highest BCUT2D eigenvalue weighted by Crippen LogP contribution is 2.16. The summed E-state index contributed by atoms with van der Waals surface area (Å²) in [4.78, 5) is 0. The van der Waals surface area contributed by atoms with Crippen LogP contribution in [-0.4, -0.2) is 0 Å². The molecule has 0 heterocycles. The van der Waals surface area contributed by atoms with Gasteiger partial charge in [-0.25, -0.2) is 0 Å². The SMILES string of the molecule is CC[C@H](NCc1ccccc1)c1ccccc1. The summed E-state index contributed by atoms with van der Waals surface area (Å²) in [5.74, 6) is 0. The first kappa shape index (κ1) is 11.9. The van der Waals surface area contributed by atoms with E-state index in [4.69, 9.17) is 0 Å². The van der Waals surface area contributed by atoms with Gasteiger partial charge in [0.05, 0.1) is 0 Å². The van der Waals surface area contributed by atoms with E-state index >= 15 is 0 Å². The molecule has 0 aliphatic rings. The standard InChI is InChI=1S/C16H19N/c1-2-16(15-11-7-4-8-12-15)17-13-14-9-5-3-6-10-14/h3-12,16-17H,2,13H2,1H3/t16-/m0/s1. The smallest absolute Gasteiger partial charge is 0.0320 e. The van der Waals surface area contributed by atoms with Crippen LogP contribution in [0.3, 0.4) is 0 Å². The van der Waals surface area contributed by atoms with Crippen molar-refractivity contribution in [2.24, 2.45) is 0 Å². The molecule has 1 nitrogen and oxygen atoms in total. The Morgan fingerprint density at radius 3 is 2.06 bits per heavy atom. The van der Waals surface area contributed by atoms with Gasteiger partial charge in [-0.2, -0.15) is 0 Å². The highest BCUT2D eigenvalue weighted by Gasteiger charge is 2.07. The topological polar surface area (TPSA) is 12.0 Å². The lowest BCUT2D eigenvalue weighted by Crippen LogP contribution is -2.20. The van der Waals surface area contributed by atoms with Crippen LogP contribution in [0.15, 0.2) is 60.7 Å². The lowest BCUT2D eigenvalue weighted by Gasteiger charge is -2.17. The van der Waals surface area contributed by atoms with Crippen molar-refractivity contribution >= 4 is 0 Å². The molecule has 0 spiro atoms. The molecule has 2 aromatic carbocycles. The normalized spacial score (nSPS) is 12.3. The van der Waals surface area contributed by atoms with E-state index in [1.165, 1.54) is 11.1 Å². The van der Waals surface area contributed by atoms with E-state index in [1.807, 2.05) is 0 Å². The molecule has 0 aliphatic heterocycles. The van der Waals surface area contributed by atoms with Crippen LogP contribution in [0.25, 0.3) is 0 Å². The van der Waals surface area contributed by atoms with Gasteiger partial charge in [-0.15, -0.1) is 0 Å². The van der Waals surface area contributed by atoms with E-state index in [0.29, 0.717) is 6.04 Å². The third-order valence-corrected chi connectivity index (χ3v) is 3.01. The van der Waals surface area contributed by atoms with Gasteiger partial charge >= 0.3 is 0 Å². The lowest BCUT2D eigenvalue weighted by molar-refractivity contribution is 0.519. The minimum absolute atomic E-state index is 0.441. The molecule has 2 aromatic rings. The van der Waals surface area contributed by atoms with Crippen LogP contribution >= 0.6 is 0 Å². The molecular formula is C16H19N. The van der Waals surface area contributed by atoms with Gasteiger partial charge in [0.2, 0.25) is 0 Å². The van der Waals surface area contributed by atoms with E-state index < -0.39 is 0 Å². The zero-order chi connectivity index (χ0) is 11.9. The van der Waals surface area contributed by atoms with Crippen molar-refractivity contribution in [2.45, 2.75) is 25.9 Å². The van der Waals surface area contributed by atoms with Crippen LogP contribution in [0.5, 0.6) is 0 Å². The van der Waals surface area contributed by atoms with Crippen molar-refractivity contribution in [1.29, 1.82) is 0 Å². The van der Waals surface area contributed by atoms with Gasteiger partial charge in [0.1, 0.15) is 0 Å². The highest BCUT2D eigenvalue weighted by atomic mass is 14.9. The molecule has 1 N–H and O–H groups in total. The van der Waals surface area contributed by atoms with Crippen LogP contribution in [0.4, 0.5) is 0 Å². The summed E-state index contributed by atoms with van der Waals surface area (Å²) in [7, 11) is 0. The summed E-state index contributed by atoms with van der Waals surface area (Å²) in [6.45, 7) is 3.14. The van der Waals surface area contributed by atoms with Gasteiger partial charge in [0.25, 0.3) is 0 Å². The molecule has 0 fully saturated rings. The van der Waals surface area contributed by atoms with Crippen LogP contribution in [0, 0.1) is 0 Å². The molecule has 0 saturated carbocycles. The Morgan fingerprint density at radius 1 is 0.882 bits per heavy atom. The summed E-state index contributed by atoms with van der Waals surface area (Å²) in [5.41, 5.74) is 2.70.